The summed E-state index contributed by atoms with van der Waals surface area (Å²) >= 11 is 0. The lowest BCUT2D eigenvalue weighted by Gasteiger charge is -2.31. The van der Waals surface area contributed by atoms with E-state index >= 15 is 0 Å². The van der Waals surface area contributed by atoms with Gasteiger partial charge in [0.1, 0.15) is 11.5 Å². The number of methoxy groups -OCH3 is 1. The Hall–Kier alpha value is -2.56. The summed E-state index contributed by atoms with van der Waals surface area (Å²) in [5.74, 6) is 1.47. The molecule has 5 nitrogen and oxygen atoms in total. The van der Waals surface area contributed by atoms with Crippen LogP contribution in [-0.2, 0) is 0 Å². The van der Waals surface area contributed by atoms with E-state index in [4.69, 9.17) is 9.15 Å². The van der Waals surface area contributed by atoms with Gasteiger partial charge in [-0.2, -0.15) is 0 Å². The van der Waals surface area contributed by atoms with Crippen LogP contribution in [0, 0.1) is 12.8 Å². The third-order valence-electron chi connectivity index (χ3n) is 4.62. The average Bonchev–Trinajstić information content (AvgIpc) is 3.06. The molecule has 0 radical (unpaired) electrons. The zero-order valence-electron chi connectivity index (χ0n) is 14.0. The summed E-state index contributed by atoms with van der Waals surface area (Å²) in [6, 6.07) is 8.90. The molecular formula is C19H21NO4. The van der Waals surface area contributed by atoms with Crippen LogP contribution in [0.15, 0.2) is 41.0 Å². The molecule has 1 fully saturated rings. The minimum Gasteiger partial charge on any atom is -0.497 e. The second-order valence-electron chi connectivity index (χ2n) is 6.05. The predicted molar refractivity (Wildman–Crippen MR) is 89.4 cm³/mol. The van der Waals surface area contributed by atoms with E-state index in [1.54, 1.807) is 49.3 Å². The molecule has 0 N–H and O–H groups in total. The van der Waals surface area contributed by atoms with E-state index in [0.29, 0.717) is 42.8 Å². The Morgan fingerprint density at radius 3 is 2.33 bits per heavy atom. The van der Waals surface area contributed by atoms with Crippen LogP contribution < -0.4 is 4.74 Å². The maximum Gasteiger partial charge on any atom is 0.257 e. The lowest BCUT2D eigenvalue weighted by atomic mass is 9.88. The van der Waals surface area contributed by atoms with Crippen LogP contribution in [0.3, 0.4) is 0 Å². The Labute approximate surface area is 141 Å². The van der Waals surface area contributed by atoms with Gasteiger partial charge in [-0.3, -0.25) is 9.59 Å². The standard InChI is InChI=1S/C19H21NO4/c1-13-17(9-12-24-13)19(22)20-10-7-15(8-11-20)18(21)14-3-5-16(23-2)6-4-14/h3-6,9,12,15H,7-8,10-11H2,1-2H3. The number of carbonyl (C=O) groups is 2. The van der Waals surface area contributed by atoms with Gasteiger partial charge in [0.15, 0.2) is 5.78 Å². The highest BCUT2D eigenvalue weighted by atomic mass is 16.5. The highest BCUT2D eigenvalue weighted by Crippen LogP contribution is 2.24. The number of benzene rings is 1. The minimum absolute atomic E-state index is 0.0170. The number of likely N-dealkylation sites (tertiary alicyclic amines) is 1. The number of ketones is 1. The maximum atomic E-state index is 12.6. The van der Waals surface area contributed by atoms with Gasteiger partial charge in [0, 0.05) is 24.6 Å². The summed E-state index contributed by atoms with van der Waals surface area (Å²) < 4.78 is 10.3. The first-order valence-corrected chi connectivity index (χ1v) is 8.12. The highest BCUT2D eigenvalue weighted by molar-refractivity contribution is 5.98. The van der Waals surface area contributed by atoms with Crippen molar-refractivity contribution in [1.82, 2.24) is 4.90 Å². The average molecular weight is 327 g/mol. The molecule has 24 heavy (non-hydrogen) atoms. The lowest BCUT2D eigenvalue weighted by Crippen LogP contribution is -2.40. The molecule has 3 rings (SSSR count). The van der Waals surface area contributed by atoms with Crippen LogP contribution in [0.2, 0.25) is 0 Å². The fourth-order valence-electron chi connectivity index (χ4n) is 3.11. The summed E-state index contributed by atoms with van der Waals surface area (Å²) in [6.45, 7) is 2.97. The highest BCUT2D eigenvalue weighted by Gasteiger charge is 2.29. The van der Waals surface area contributed by atoms with Gasteiger partial charge in [-0.1, -0.05) is 0 Å². The van der Waals surface area contributed by atoms with Gasteiger partial charge >= 0.3 is 0 Å². The first-order valence-electron chi connectivity index (χ1n) is 8.12. The van der Waals surface area contributed by atoms with Gasteiger partial charge in [0.05, 0.1) is 18.9 Å². The first kappa shape index (κ1) is 16.3. The van der Waals surface area contributed by atoms with Crippen molar-refractivity contribution >= 4 is 11.7 Å². The number of hydrogen-bond acceptors (Lipinski definition) is 4. The second kappa shape index (κ2) is 6.91. The second-order valence-corrected chi connectivity index (χ2v) is 6.05. The topological polar surface area (TPSA) is 59.8 Å². The van der Waals surface area contributed by atoms with Gasteiger partial charge in [-0.15, -0.1) is 0 Å². The molecule has 0 spiro atoms. The van der Waals surface area contributed by atoms with Crippen LogP contribution in [0.4, 0.5) is 0 Å². The van der Waals surface area contributed by atoms with E-state index in [0.717, 1.165) is 5.75 Å². The van der Waals surface area contributed by atoms with E-state index in [1.165, 1.54) is 6.26 Å². The van der Waals surface area contributed by atoms with Crippen molar-refractivity contribution < 1.29 is 18.7 Å². The normalized spacial score (nSPS) is 15.3. The number of rotatable bonds is 4. The molecule has 0 bridgehead atoms. The molecule has 0 atom stereocenters. The number of amides is 1. The molecular weight excluding hydrogens is 306 g/mol. The number of piperidine rings is 1. The monoisotopic (exact) mass is 327 g/mol. The molecule has 1 aliphatic heterocycles. The first-order chi connectivity index (χ1) is 11.6. The number of hydrogen-bond donors (Lipinski definition) is 0. The van der Waals surface area contributed by atoms with Gasteiger partial charge < -0.3 is 14.1 Å². The molecule has 2 heterocycles. The Morgan fingerprint density at radius 1 is 1.12 bits per heavy atom. The van der Waals surface area contributed by atoms with E-state index in [9.17, 15) is 9.59 Å². The number of Topliss-reactive ketones (excluding diaryl/α,β-unsaturated/α-hetero) is 1. The summed E-state index contributed by atoms with van der Waals surface area (Å²) in [5.41, 5.74) is 1.31. The van der Waals surface area contributed by atoms with Crippen LogP contribution in [0.5, 0.6) is 5.75 Å². The van der Waals surface area contributed by atoms with E-state index in [1.807, 2.05) is 0 Å². The summed E-state index contributed by atoms with van der Waals surface area (Å²) in [7, 11) is 1.60. The summed E-state index contributed by atoms with van der Waals surface area (Å²) in [6.07, 6.45) is 2.91. The van der Waals surface area contributed by atoms with E-state index < -0.39 is 0 Å². The van der Waals surface area contributed by atoms with Gasteiger partial charge in [0.25, 0.3) is 5.91 Å². The van der Waals surface area contributed by atoms with Crippen molar-refractivity contribution in [3.63, 3.8) is 0 Å². The molecule has 1 aromatic carbocycles. The number of furan rings is 1. The summed E-state index contributed by atoms with van der Waals surface area (Å²) in [4.78, 5) is 26.9. The molecule has 0 unspecified atom stereocenters. The number of aryl methyl sites for hydroxylation is 1. The van der Waals surface area contributed by atoms with E-state index in [-0.39, 0.29) is 17.6 Å². The molecule has 1 amide bonds. The number of ether oxygens (including phenoxy) is 1. The fourth-order valence-corrected chi connectivity index (χ4v) is 3.11. The van der Waals surface area contributed by atoms with Crippen LogP contribution in [0.25, 0.3) is 0 Å². The van der Waals surface area contributed by atoms with Crippen molar-refractivity contribution in [2.45, 2.75) is 19.8 Å². The molecule has 2 aromatic rings. The molecule has 1 aromatic heterocycles. The molecule has 1 saturated heterocycles. The lowest BCUT2D eigenvalue weighted by molar-refractivity contribution is 0.0649. The van der Waals surface area contributed by atoms with Crippen molar-refractivity contribution in [2.75, 3.05) is 20.2 Å². The predicted octanol–water partition coefficient (Wildman–Crippen LogP) is 3.33. The molecule has 5 heteroatoms. The van der Waals surface area contributed by atoms with Crippen LogP contribution >= 0.6 is 0 Å². The quantitative estimate of drug-likeness (QED) is 0.808. The zero-order valence-corrected chi connectivity index (χ0v) is 14.0. The van der Waals surface area contributed by atoms with Crippen LogP contribution in [0.1, 0.15) is 39.3 Å². The van der Waals surface area contributed by atoms with Gasteiger partial charge in [0.2, 0.25) is 0 Å². The maximum absolute atomic E-state index is 12.6. The molecule has 0 aliphatic carbocycles. The zero-order chi connectivity index (χ0) is 17.1. The largest absolute Gasteiger partial charge is 0.497 e. The van der Waals surface area contributed by atoms with Gasteiger partial charge in [-0.25, -0.2) is 0 Å². The molecule has 0 saturated carbocycles. The smallest absolute Gasteiger partial charge is 0.257 e. The van der Waals surface area contributed by atoms with Gasteiger partial charge in [-0.05, 0) is 50.1 Å². The van der Waals surface area contributed by atoms with E-state index in [2.05, 4.69) is 0 Å². The molecule has 1 aliphatic rings. The Balaban J connectivity index is 1.61. The third-order valence-corrected chi connectivity index (χ3v) is 4.62. The Bertz CT molecular complexity index is 724. The Kier molecular flexibility index (Phi) is 4.69. The van der Waals surface area contributed by atoms with Crippen molar-refractivity contribution in [1.29, 1.82) is 0 Å². The van der Waals surface area contributed by atoms with Crippen molar-refractivity contribution in [3.8, 4) is 5.75 Å². The summed E-state index contributed by atoms with van der Waals surface area (Å²) in [5, 5.41) is 0. The Morgan fingerprint density at radius 2 is 1.79 bits per heavy atom. The number of carbonyl (C=O) groups excluding carboxylic acids is 2. The SMILES string of the molecule is COc1ccc(C(=O)C2CCN(C(=O)c3ccoc3C)CC2)cc1. The molecule has 126 valence electrons. The van der Waals surface area contributed by atoms with Crippen molar-refractivity contribution in [2.24, 2.45) is 5.92 Å². The third kappa shape index (κ3) is 3.20. The number of nitrogens with zero attached hydrogens (tertiary/aromatic N) is 1. The minimum atomic E-state index is -0.0344. The van der Waals surface area contributed by atoms with Crippen molar-refractivity contribution in [3.05, 3.63) is 53.5 Å². The fraction of sp³-hybridized carbons (Fsp3) is 0.368. The van der Waals surface area contributed by atoms with Crippen LogP contribution in [-0.4, -0.2) is 36.8 Å².